The first-order valence-electron chi connectivity index (χ1n) is 9.28. The van der Waals surface area contributed by atoms with E-state index in [9.17, 15) is 4.79 Å². The van der Waals surface area contributed by atoms with Gasteiger partial charge in [0.25, 0.3) is 0 Å². The summed E-state index contributed by atoms with van der Waals surface area (Å²) in [6, 6.07) is 0.619. The molecule has 0 aromatic rings. The van der Waals surface area contributed by atoms with Gasteiger partial charge in [0.05, 0.1) is 0 Å². The number of carbonyl (C=O) groups excluding carboxylic acids is 1. The number of hydrogen-bond acceptors (Lipinski definition) is 3. The van der Waals surface area contributed by atoms with Gasteiger partial charge in [-0.15, -0.1) is 0 Å². The van der Waals surface area contributed by atoms with E-state index in [4.69, 9.17) is 4.74 Å². The van der Waals surface area contributed by atoms with Gasteiger partial charge in [-0.2, -0.15) is 0 Å². The molecule has 0 bridgehead atoms. The molecule has 0 saturated heterocycles. The molecule has 136 valence electrons. The maximum Gasteiger partial charge on any atom is 0.407 e. The van der Waals surface area contributed by atoms with E-state index in [0.717, 1.165) is 18.4 Å². The summed E-state index contributed by atoms with van der Waals surface area (Å²) in [5.74, 6) is 2.55. The molecule has 2 N–H and O–H groups in total. The van der Waals surface area contributed by atoms with Crippen molar-refractivity contribution in [1.82, 2.24) is 10.6 Å². The molecule has 1 amide bonds. The van der Waals surface area contributed by atoms with Crippen LogP contribution in [0.5, 0.6) is 0 Å². The summed E-state index contributed by atoms with van der Waals surface area (Å²) in [6.07, 6.45) is 3.60. The van der Waals surface area contributed by atoms with Crippen LogP contribution in [-0.2, 0) is 4.74 Å². The number of ether oxygens (including phenoxy) is 1. The van der Waals surface area contributed by atoms with Crippen LogP contribution in [0, 0.1) is 23.7 Å². The molecule has 0 aromatic carbocycles. The van der Waals surface area contributed by atoms with Crippen molar-refractivity contribution in [3.63, 3.8) is 0 Å². The fraction of sp³-hybridized carbons (Fsp3) is 0.947. The standard InChI is InChI=1S/C19H38N2O2/c1-13(2)16(12-21-18(22)23-19(5,6)7)11-20-17-9-8-14(3)10-15(17)4/h13-17,20H,8-12H2,1-7H3,(H,21,22). The molecule has 0 heterocycles. The highest BCUT2D eigenvalue weighted by Gasteiger charge is 2.26. The molecule has 4 atom stereocenters. The molecule has 0 aromatic heterocycles. The zero-order valence-electron chi connectivity index (χ0n) is 16.2. The number of rotatable bonds is 6. The fourth-order valence-electron chi connectivity index (χ4n) is 3.34. The van der Waals surface area contributed by atoms with E-state index in [0.29, 0.717) is 24.4 Å². The van der Waals surface area contributed by atoms with Crippen LogP contribution in [-0.4, -0.2) is 30.8 Å². The lowest BCUT2D eigenvalue weighted by atomic mass is 9.79. The summed E-state index contributed by atoms with van der Waals surface area (Å²) in [5, 5.41) is 6.68. The Kier molecular flexibility index (Phi) is 7.85. The zero-order chi connectivity index (χ0) is 17.6. The summed E-state index contributed by atoms with van der Waals surface area (Å²) < 4.78 is 5.32. The number of hydrogen-bond donors (Lipinski definition) is 2. The van der Waals surface area contributed by atoms with Crippen LogP contribution in [0.4, 0.5) is 4.79 Å². The summed E-state index contributed by atoms with van der Waals surface area (Å²) in [6.45, 7) is 16.4. The van der Waals surface area contributed by atoms with Crippen molar-refractivity contribution in [3.05, 3.63) is 0 Å². The van der Waals surface area contributed by atoms with Gasteiger partial charge in [-0.3, -0.25) is 0 Å². The smallest absolute Gasteiger partial charge is 0.407 e. The number of carbonyl (C=O) groups is 1. The summed E-state index contributed by atoms with van der Waals surface area (Å²) >= 11 is 0. The maximum absolute atomic E-state index is 11.8. The van der Waals surface area contributed by atoms with Crippen LogP contribution in [0.2, 0.25) is 0 Å². The molecule has 4 unspecified atom stereocenters. The molecule has 1 rings (SSSR count). The summed E-state index contributed by atoms with van der Waals surface area (Å²) in [7, 11) is 0. The van der Waals surface area contributed by atoms with E-state index in [1.807, 2.05) is 20.8 Å². The first-order chi connectivity index (χ1) is 10.6. The second kappa shape index (κ2) is 8.91. The highest BCUT2D eigenvalue weighted by atomic mass is 16.6. The first kappa shape index (κ1) is 20.3. The Balaban J connectivity index is 2.39. The lowest BCUT2D eigenvalue weighted by molar-refractivity contribution is 0.0514. The highest BCUT2D eigenvalue weighted by molar-refractivity contribution is 5.67. The molecule has 4 heteroatoms. The van der Waals surface area contributed by atoms with Crippen LogP contribution in [0.1, 0.15) is 67.7 Å². The Morgan fingerprint density at radius 1 is 1.17 bits per heavy atom. The molecular weight excluding hydrogens is 288 g/mol. The minimum absolute atomic E-state index is 0.317. The Hall–Kier alpha value is -0.770. The van der Waals surface area contributed by atoms with Crippen LogP contribution < -0.4 is 10.6 Å². The molecule has 1 aliphatic rings. The maximum atomic E-state index is 11.8. The van der Waals surface area contributed by atoms with Gasteiger partial charge in [0.1, 0.15) is 5.60 Å². The fourth-order valence-corrected chi connectivity index (χ4v) is 3.34. The van der Waals surface area contributed by atoms with E-state index in [2.05, 4.69) is 38.3 Å². The third-order valence-electron chi connectivity index (χ3n) is 4.92. The molecule has 1 fully saturated rings. The van der Waals surface area contributed by atoms with E-state index >= 15 is 0 Å². The topological polar surface area (TPSA) is 50.4 Å². The predicted octanol–water partition coefficient (Wildman–Crippen LogP) is 4.20. The largest absolute Gasteiger partial charge is 0.444 e. The lowest BCUT2D eigenvalue weighted by Crippen LogP contribution is -2.45. The second-order valence-electron chi connectivity index (χ2n) is 8.80. The molecule has 4 nitrogen and oxygen atoms in total. The van der Waals surface area contributed by atoms with Crippen LogP contribution >= 0.6 is 0 Å². The monoisotopic (exact) mass is 326 g/mol. The Morgan fingerprint density at radius 2 is 1.83 bits per heavy atom. The third-order valence-corrected chi connectivity index (χ3v) is 4.92. The number of nitrogens with one attached hydrogen (secondary N) is 2. The zero-order valence-corrected chi connectivity index (χ0v) is 16.2. The van der Waals surface area contributed by atoms with Crippen LogP contribution in [0.3, 0.4) is 0 Å². The van der Waals surface area contributed by atoms with Crippen molar-refractivity contribution in [2.75, 3.05) is 13.1 Å². The molecule has 0 spiro atoms. The SMILES string of the molecule is CC1CCC(NCC(CNC(=O)OC(C)(C)C)C(C)C)C(C)C1. The Labute approximate surface area is 143 Å². The molecule has 23 heavy (non-hydrogen) atoms. The predicted molar refractivity (Wildman–Crippen MR) is 96.5 cm³/mol. The molecule has 0 aliphatic heterocycles. The van der Waals surface area contributed by atoms with E-state index < -0.39 is 5.60 Å². The van der Waals surface area contributed by atoms with Crippen molar-refractivity contribution in [2.45, 2.75) is 79.4 Å². The quantitative estimate of drug-likeness (QED) is 0.769. The van der Waals surface area contributed by atoms with Gasteiger partial charge in [0.15, 0.2) is 0 Å². The summed E-state index contributed by atoms with van der Waals surface area (Å²) in [4.78, 5) is 11.8. The lowest BCUT2D eigenvalue weighted by Gasteiger charge is -2.35. The average molecular weight is 327 g/mol. The van der Waals surface area contributed by atoms with Crippen molar-refractivity contribution in [3.8, 4) is 0 Å². The molecular formula is C19H38N2O2. The normalized spacial score (nSPS) is 26.9. The Morgan fingerprint density at radius 3 is 2.35 bits per heavy atom. The van der Waals surface area contributed by atoms with Crippen molar-refractivity contribution in [1.29, 1.82) is 0 Å². The average Bonchev–Trinajstić information content (AvgIpc) is 2.38. The minimum Gasteiger partial charge on any atom is -0.444 e. The van der Waals surface area contributed by atoms with Gasteiger partial charge in [0.2, 0.25) is 0 Å². The van der Waals surface area contributed by atoms with E-state index in [-0.39, 0.29) is 6.09 Å². The van der Waals surface area contributed by atoms with Crippen molar-refractivity contribution < 1.29 is 9.53 Å². The van der Waals surface area contributed by atoms with Crippen molar-refractivity contribution >= 4 is 6.09 Å². The van der Waals surface area contributed by atoms with Gasteiger partial charge < -0.3 is 15.4 Å². The van der Waals surface area contributed by atoms with Gasteiger partial charge in [-0.05, 0) is 63.7 Å². The van der Waals surface area contributed by atoms with Crippen LogP contribution in [0.15, 0.2) is 0 Å². The van der Waals surface area contributed by atoms with Crippen molar-refractivity contribution in [2.24, 2.45) is 23.7 Å². The first-order valence-corrected chi connectivity index (χ1v) is 9.28. The molecule has 1 aliphatic carbocycles. The van der Waals surface area contributed by atoms with Gasteiger partial charge in [0, 0.05) is 19.1 Å². The minimum atomic E-state index is -0.441. The van der Waals surface area contributed by atoms with Gasteiger partial charge in [-0.25, -0.2) is 4.79 Å². The van der Waals surface area contributed by atoms with Crippen LogP contribution in [0.25, 0.3) is 0 Å². The highest BCUT2D eigenvalue weighted by Crippen LogP contribution is 2.28. The molecule has 0 radical (unpaired) electrons. The Bertz CT molecular complexity index is 363. The van der Waals surface area contributed by atoms with Gasteiger partial charge in [-0.1, -0.05) is 27.7 Å². The van der Waals surface area contributed by atoms with Gasteiger partial charge >= 0.3 is 6.09 Å². The summed E-state index contributed by atoms with van der Waals surface area (Å²) in [5.41, 5.74) is -0.441. The van der Waals surface area contributed by atoms with E-state index in [1.54, 1.807) is 0 Å². The third kappa shape index (κ3) is 8.05. The molecule has 1 saturated carbocycles. The van der Waals surface area contributed by atoms with E-state index in [1.165, 1.54) is 19.3 Å². The second-order valence-corrected chi connectivity index (χ2v) is 8.80. The number of amides is 1. The number of alkyl carbamates (subject to hydrolysis) is 1.